The summed E-state index contributed by atoms with van der Waals surface area (Å²) in [5.74, 6) is -0.674. The van der Waals surface area contributed by atoms with Crippen molar-refractivity contribution < 1.29 is 29.3 Å². The molecule has 12 rings (SSSR count). The Hall–Kier alpha value is -9.05. The first-order valence-corrected chi connectivity index (χ1v) is 32.2. The number of aliphatic hydroxyl groups excluding tert-OH is 2. The first-order chi connectivity index (χ1) is 43.2. The summed E-state index contributed by atoms with van der Waals surface area (Å²) in [6, 6.07) is -0.877. The SMILES string of the molecule is C=CC1=C(C)C2=NC1=CC1=NC(=CC3=C(C)C4=C(O)CC(=C5NC(=C2)[C@@H](C)[C@@H]5CCC(=O)NCCCC[C@H](NC(=O)CC[C@@H]2C5=C6CC(O)=C7C6=NC(=C7C)C=C6N=C(C=C7N=C(C=C(N5)[C@H]2C)C(C)=C7C=C)C(C)=C6CC)C(=O)OCC)C4=N3)C(CC)=C1C. The number of rotatable bonds is 18. The predicted molar refractivity (Wildman–Crippen MR) is 358 cm³/mol. The number of carbonyl (C=O) groups excluding carboxylic acids is 3. The monoisotopic (exact) mass is 1210 g/mol. The highest BCUT2D eigenvalue weighted by Crippen LogP contribution is 2.49. The zero-order chi connectivity index (χ0) is 63.7. The quantitative estimate of drug-likeness (QED) is 0.0571. The zero-order valence-electron chi connectivity index (χ0n) is 53.8. The highest BCUT2D eigenvalue weighted by atomic mass is 16.5. The average Bonchev–Trinajstić information content (AvgIpc) is 1.60. The van der Waals surface area contributed by atoms with E-state index < -0.39 is 12.0 Å². The van der Waals surface area contributed by atoms with E-state index in [0.29, 0.717) is 51.5 Å². The summed E-state index contributed by atoms with van der Waals surface area (Å²) in [6.07, 6.45) is 21.1. The number of allylic oxidation sites excluding steroid dienone is 24. The number of esters is 1. The van der Waals surface area contributed by atoms with Crippen LogP contribution in [0, 0.1) is 23.7 Å². The molecule has 0 saturated carbocycles. The van der Waals surface area contributed by atoms with Gasteiger partial charge in [-0.3, -0.25) is 9.59 Å². The Bertz CT molecular complexity index is 4140. The summed E-state index contributed by atoms with van der Waals surface area (Å²) in [7, 11) is 0. The van der Waals surface area contributed by atoms with Gasteiger partial charge in [0.05, 0.1) is 75.1 Å². The smallest absolute Gasteiger partial charge is 0.328 e. The molecule has 0 unspecified atom stereocenters. The van der Waals surface area contributed by atoms with Crippen LogP contribution in [0.5, 0.6) is 0 Å². The maximum absolute atomic E-state index is 14.2. The number of hydrogen-bond acceptors (Lipinski definition) is 14. The molecule has 2 fully saturated rings. The van der Waals surface area contributed by atoms with E-state index in [2.05, 4.69) is 108 Å². The fraction of sp³-hybridized carbons (Fsp3) is 0.392. The van der Waals surface area contributed by atoms with E-state index in [4.69, 9.17) is 34.7 Å². The fourth-order valence-corrected chi connectivity index (χ4v) is 14.9. The molecule has 0 aromatic rings. The molecule has 5 atom stereocenters. The van der Waals surface area contributed by atoms with Crippen LogP contribution in [0.4, 0.5) is 0 Å². The van der Waals surface area contributed by atoms with Crippen LogP contribution in [0.3, 0.4) is 0 Å². The number of ether oxygens (including phenoxy) is 1. The van der Waals surface area contributed by atoms with Crippen LogP contribution < -0.4 is 21.3 Å². The third kappa shape index (κ3) is 10.7. The van der Waals surface area contributed by atoms with E-state index in [0.717, 1.165) is 182 Å². The second-order valence-electron chi connectivity index (χ2n) is 25.3. The molecule has 2 aliphatic carbocycles. The summed E-state index contributed by atoms with van der Waals surface area (Å²) < 4.78 is 5.50. The van der Waals surface area contributed by atoms with Gasteiger partial charge < -0.3 is 36.2 Å². The average molecular weight is 1210 g/mol. The van der Waals surface area contributed by atoms with Crippen molar-refractivity contribution in [3.05, 3.63) is 208 Å². The van der Waals surface area contributed by atoms with Crippen molar-refractivity contribution in [1.29, 1.82) is 0 Å². The molecule has 16 bridgehead atoms. The number of aliphatic hydroxyl groups is 2. The number of unbranched alkanes of at least 4 members (excludes halogenated alkanes) is 1. The van der Waals surface area contributed by atoms with Crippen LogP contribution >= 0.6 is 0 Å². The van der Waals surface area contributed by atoms with Crippen molar-refractivity contribution in [2.75, 3.05) is 13.2 Å². The van der Waals surface area contributed by atoms with Crippen molar-refractivity contribution in [2.24, 2.45) is 53.6 Å². The van der Waals surface area contributed by atoms with Crippen molar-refractivity contribution in [3.8, 4) is 0 Å². The Balaban J connectivity index is 0.717. The standard InChI is InChI=1S/C74H82N10O6/c1-14-43-35(6)52-29-56-39(10)47(70(81-56)49-27-64(85)68-41(12)58(83-72(49)68)33-62-45(16-3)37(8)54(78-62)31-60(43)76-52)22-24-66(87)75-26-20-19-21-51(74(89)90-18-5)80-67(88)25-23-48-40(11)57-30-53-36(7)44(15-2)61(77-53)32-55-38(9)46(17-4)63(79-55)34-59-42(13)69-65(86)28-50(71(48)82-57)73(69)84-59/h14-15,29-34,39-40,47-48,51,81-82,85-86H,1-2,16-28H2,3-13H3,(H,75,87)(H,80,88)/t39-,40-,47-,48-,51-/m0/s1. The van der Waals surface area contributed by atoms with Gasteiger partial charge in [0.1, 0.15) is 17.6 Å². The molecule has 6 N–H and O–H groups in total. The Kier molecular flexibility index (Phi) is 16.6. The second kappa shape index (κ2) is 24.4. The molecular weight excluding hydrogens is 1120 g/mol. The summed E-state index contributed by atoms with van der Waals surface area (Å²) in [5.41, 5.74) is 26.9. The number of amides is 2. The molecule has 2 saturated heterocycles. The van der Waals surface area contributed by atoms with Crippen LogP contribution in [0.1, 0.15) is 147 Å². The van der Waals surface area contributed by atoms with Gasteiger partial charge in [-0.15, -0.1) is 0 Å². The topological polar surface area (TPSA) is 223 Å². The lowest BCUT2D eigenvalue weighted by Crippen LogP contribution is -2.42. The molecule has 0 radical (unpaired) electrons. The maximum Gasteiger partial charge on any atom is 0.328 e. The van der Waals surface area contributed by atoms with E-state index in [1.807, 2.05) is 44.2 Å². The van der Waals surface area contributed by atoms with Gasteiger partial charge in [0.25, 0.3) is 0 Å². The molecule has 0 spiro atoms. The molecule has 0 aromatic heterocycles. The number of nitrogens with zero attached hydrogens (tertiary/aromatic N) is 6. The molecular formula is C74H82N10O6. The molecule has 16 heteroatoms. The van der Waals surface area contributed by atoms with Crippen molar-refractivity contribution >= 4 is 52.1 Å². The number of fused-ring (bicyclic) bond motifs is 10. The van der Waals surface area contributed by atoms with Crippen LogP contribution in [0.15, 0.2) is 238 Å². The van der Waals surface area contributed by atoms with Gasteiger partial charge in [0.2, 0.25) is 11.8 Å². The van der Waals surface area contributed by atoms with Crippen molar-refractivity contribution in [1.82, 2.24) is 21.3 Å². The van der Waals surface area contributed by atoms with E-state index in [9.17, 15) is 24.6 Å². The first-order valence-electron chi connectivity index (χ1n) is 32.2. The zero-order valence-corrected chi connectivity index (χ0v) is 53.8. The van der Waals surface area contributed by atoms with Crippen LogP contribution in [0.2, 0.25) is 0 Å². The van der Waals surface area contributed by atoms with Crippen molar-refractivity contribution in [2.45, 2.75) is 153 Å². The van der Waals surface area contributed by atoms with Gasteiger partial charge in [0, 0.05) is 112 Å². The molecule has 12 aliphatic rings. The summed E-state index contributed by atoms with van der Waals surface area (Å²) in [6.45, 7) is 31.5. The Morgan fingerprint density at radius 3 is 1.49 bits per heavy atom. The number of aliphatic imine (C=N–C) groups is 6. The largest absolute Gasteiger partial charge is 0.511 e. The molecule has 464 valence electrons. The summed E-state index contributed by atoms with van der Waals surface area (Å²) in [5, 5.41) is 37.0. The van der Waals surface area contributed by atoms with E-state index in [1.54, 1.807) is 6.92 Å². The third-order valence-corrected chi connectivity index (χ3v) is 20.1. The minimum atomic E-state index is -0.877. The lowest BCUT2D eigenvalue weighted by atomic mass is 9.86. The molecule has 16 nitrogen and oxygen atoms in total. The van der Waals surface area contributed by atoms with E-state index in [1.165, 1.54) is 0 Å². The first kappa shape index (κ1) is 61.2. The highest BCUT2D eigenvalue weighted by molar-refractivity contribution is 6.23. The fourth-order valence-electron chi connectivity index (χ4n) is 14.9. The molecule has 2 amide bonds. The maximum atomic E-state index is 14.2. The Labute approximate surface area is 528 Å². The lowest BCUT2D eigenvalue weighted by molar-refractivity contribution is -0.147. The van der Waals surface area contributed by atoms with Crippen molar-refractivity contribution in [3.63, 3.8) is 0 Å². The third-order valence-electron chi connectivity index (χ3n) is 20.1. The second-order valence-corrected chi connectivity index (χ2v) is 25.3. The van der Waals surface area contributed by atoms with Gasteiger partial charge >= 0.3 is 5.97 Å². The van der Waals surface area contributed by atoms with E-state index in [-0.39, 0.29) is 66.5 Å². The minimum Gasteiger partial charge on any atom is -0.511 e. The van der Waals surface area contributed by atoms with Gasteiger partial charge in [-0.2, -0.15) is 0 Å². The highest BCUT2D eigenvalue weighted by Gasteiger charge is 2.44. The Morgan fingerprint density at radius 1 is 0.600 bits per heavy atom. The van der Waals surface area contributed by atoms with E-state index >= 15 is 0 Å². The minimum absolute atomic E-state index is 0.0225. The van der Waals surface area contributed by atoms with Gasteiger partial charge in [-0.1, -0.05) is 53.0 Å². The normalized spacial score (nSPS) is 24.3. The predicted octanol–water partition coefficient (Wildman–Crippen LogP) is 13.6. The number of nitrogens with one attached hydrogen (secondary N) is 4. The number of carbonyl (C=O) groups is 3. The van der Waals surface area contributed by atoms with Crippen LogP contribution in [-0.4, -0.2) is 81.5 Å². The molecule has 90 heavy (non-hydrogen) atoms. The van der Waals surface area contributed by atoms with Gasteiger partial charge in [0.15, 0.2) is 0 Å². The summed E-state index contributed by atoms with van der Waals surface area (Å²) in [4.78, 5) is 72.5. The van der Waals surface area contributed by atoms with Crippen LogP contribution in [-0.2, 0) is 19.1 Å². The Morgan fingerprint density at radius 2 is 1.04 bits per heavy atom. The molecule has 10 aliphatic heterocycles. The summed E-state index contributed by atoms with van der Waals surface area (Å²) >= 11 is 0. The number of hydrogen-bond donors (Lipinski definition) is 6. The molecule has 10 heterocycles. The van der Waals surface area contributed by atoms with Gasteiger partial charge in [-0.05, 0) is 174 Å². The van der Waals surface area contributed by atoms with Crippen LogP contribution in [0.25, 0.3) is 0 Å². The van der Waals surface area contributed by atoms with Gasteiger partial charge in [-0.25, -0.2) is 34.7 Å². The lowest BCUT2D eigenvalue weighted by Gasteiger charge is -2.20. The molecule has 0 aromatic carbocycles.